The number of benzene rings is 2. The highest BCUT2D eigenvalue weighted by Gasteiger charge is 2.38. The number of carbonyl (C=O) groups excluding carboxylic acids is 2. The van der Waals surface area contributed by atoms with Gasteiger partial charge in [-0.25, -0.2) is 9.59 Å². The van der Waals surface area contributed by atoms with Gasteiger partial charge >= 0.3 is 12.1 Å². The predicted molar refractivity (Wildman–Crippen MR) is 146 cm³/mol. The number of ether oxygens (including phenoxy) is 2. The molecule has 0 spiro atoms. The van der Waals surface area contributed by atoms with Crippen LogP contribution >= 0.6 is 26.5 Å². The minimum absolute atomic E-state index is 0.0642. The highest BCUT2D eigenvalue weighted by molar-refractivity contribution is 9.10. The number of rotatable bonds is 4. The zero-order valence-electron chi connectivity index (χ0n) is 20.9. The van der Waals surface area contributed by atoms with Gasteiger partial charge in [0.1, 0.15) is 5.60 Å². The first-order chi connectivity index (χ1) is 16.9. The number of esters is 1. The van der Waals surface area contributed by atoms with Gasteiger partial charge in [0.2, 0.25) is 0 Å². The lowest BCUT2D eigenvalue weighted by molar-refractivity contribution is 0.0527. The summed E-state index contributed by atoms with van der Waals surface area (Å²) in [6.45, 7) is 7.30. The van der Waals surface area contributed by atoms with Crippen LogP contribution in [0.3, 0.4) is 0 Å². The third-order valence-electron chi connectivity index (χ3n) is 6.31. The molecule has 1 saturated heterocycles. The summed E-state index contributed by atoms with van der Waals surface area (Å²) in [5, 5.41) is 0.308. The Morgan fingerprint density at radius 3 is 2.50 bits per heavy atom. The van der Waals surface area contributed by atoms with E-state index in [0.29, 0.717) is 22.8 Å². The Balaban J connectivity index is 1.87. The number of halogens is 1. The number of nitrogens with zero attached hydrogens (tertiary/aromatic N) is 1. The summed E-state index contributed by atoms with van der Waals surface area (Å²) in [5.41, 5.74) is 1.70. The van der Waals surface area contributed by atoms with Gasteiger partial charge in [0.05, 0.1) is 22.9 Å². The number of aromatic nitrogens is 1. The van der Waals surface area contributed by atoms with Crippen molar-refractivity contribution in [3.63, 3.8) is 0 Å². The molecule has 4 rings (SSSR count). The van der Waals surface area contributed by atoms with E-state index in [2.05, 4.69) is 15.9 Å². The molecule has 7 nitrogen and oxygen atoms in total. The molecule has 1 aromatic heterocycles. The van der Waals surface area contributed by atoms with Crippen LogP contribution in [0.25, 0.3) is 10.9 Å². The maximum atomic E-state index is 13.3. The average Bonchev–Trinajstić information content (AvgIpc) is 3.17. The summed E-state index contributed by atoms with van der Waals surface area (Å²) < 4.78 is 34.8. The highest BCUT2D eigenvalue weighted by Crippen LogP contribution is 2.62. The zero-order valence-corrected chi connectivity index (χ0v) is 23.3. The molecule has 1 fully saturated rings. The lowest BCUT2D eigenvalue weighted by Gasteiger charge is -2.46. The second kappa shape index (κ2) is 10.2. The van der Waals surface area contributed by atoms with E-state index < -0.39 is 33.5 Å². The Morgan fingerprint density at radius 2 is 1.86 bits per heavy atom. The first-order valence-corrected chi connectivity index (χ1v) is 14.5. The fourth-order valence-electron chi connectivity index (χ4n) is 4.79. The summed E-state index contributed by atoms with van der Waals surface area (Å²) in [4.78, 5) is 26.2. The Kier molecular flexibility index (Phi) is 7.57. The standard InChI is InChI=1S/C27H32BrNO6S/c1-5-34-25(30)21-15-19(28)14-20-22(16-29(24(20)21)26(31)35-27(2,3)4)18-11-12-36(32,33)23(13-18)17-9-7-6-8-10-17/h6-10,14-16,18,23,32-33H,5,11-13H2,1-4H3. The first-order valence-electron chi connectivity index (χ1n) is 12.0. The molecule has 194 valence electrons. The zero-order chi connectivity index (χ0) is 26.3. The van der Waals surface area contributed by atoms with Crippen molar-refractivity contribution >= 4 is 49.5 Å². The van der Waals surface area contributed by atoms with Crippen LogP contribution in [0.2, 0.25) is 0 Å². The van der Waals surface area contributed by atoms with Crippen LogP contribution in [-0.4, -0.2) is 43.7 Å². The number of carbonyl (C=O) groups is 2. The van der Waals surface area contributed by atoms with Gasteiger partial charge in [-0.15, -0.1) is 0 Å². The van der Waals surface area contributed by atoms with Gasteiger partial charge in [-0.1, -0.05) is 46.3 Å². The van der Waals surface area contributed by atoms with Gasteiger partial charge < -0.3 is 9.47 Å². The van der Waals surface area contributed by atoms with Gasteiger partial charge in [0, 0.05) is 21.8 Å². The van der Waals surface area contributed by atoms with Crippen LogP contribution in [0.4, 0.5) is 4.79 Å². The van der Waals surface area contributed by atoms with E-state index in [1.54, 1.807) is 40.0 Å². The Hall–Kier alpha value is -2.33. The Morgan fingerprint density at radius 1 is 1.17 bits per heavy atom. The van der Waals surface area contributed by atoms with E-state index in [-0.39, 0.29) is 23.8 Å². The monoisotopic (exact) mass is 577 g/mol. The van der Waals surface area contributed by atoms with Crippen molar-refractivity contribution in [2.24, 2.45) is 0 Å². The van der Waals surface area contributed by atoms with E-state index in [1.807, 2.05) is 36.4 Å². The second-order valence-corrected chi connectivity index (χ2v) is 13.4. The van der Waals surface area contributed by atoms with Crippen molar-refractivity contribution in [1.82, 2.24) is 4.57 Å². The molecule has 1 aliphatic rings. The van der Waals surface area contributed by atoms with E-state index >= 15 is 0 Å². The van der Waals surface area contributed by atoms with Crippen molar-refractivity contribution < 1.29 is 28.2 Å². The van der Waals surface area contributed by atoms with Crippen LogP contribution in [0.1, 0.15) is 73.2 Å². The summed E-state index contributed by atoms with van der Waals surface area (Å²) in [6, 6.07) is 13.1. The Labute approximate surface area is 221 Å². The van der Waals surface area contributed by atoms with E-state index in [9.17, 15) is 18.7 Å². The van der Waals surface area contributed by atoms with Gasteiger partial charge in [-0.2, -0.15) is 10.6 Å². The number of hydrogen-bond acceptors (Lipinski definition) is 6. The van der Waals surface area contributed by atoms with E-state index in [0.717, 1.165) is 16.5 Å². The van der Waals surface area contributed by atoms with Crippen LogP contribution in [0.5, 0.6) is 0 Å². The maximum Gasteiger partial charge on any atom is 0.419 e. The molecular weight excluding hydrogens is 546 g/mol. The normalized spacial score (nSPS) is 20.6. The van der Waals surface area contributed by atoms with Crippen molar-refractivity contribution in [3.8, 4) is 0 Å². The minimum Gasteiger partial charge on any atom is -0.462 e. The minimum atomic E-state index is -2.82. The molecule has 2 atom stereocenters. The van der Waals surface area contributed by atoms with Crippen molar-refractivity contribution in [2.75, 3.05) is 12.4 Å². The van der Waals surface area contributed by atoms with Crippen LogP contribution in [0, 0.1) is 0 Å². The third-order valence-corrected chi connectivity index (χ3v) is 8.98. The molecule has 0 aliphatic carbocycles. The van der Waals surface area contributed by atoms with Crippen molar-refractivity contribution in [1.29, 1.82) is 0 Å². The molecule has 36 heavy (non-hydrogen) atoms. The SMILES string of the molecule is CCOC(=O)c1cc(Br)cc2c(C3CCS(O)(O)C(c4ccccc4)C3)cn(C(=O)OC(C)(C)C)c12. The fourth-order valence-corrected chi connectivity index (χ4v) is 7.30. The van der Waals surface area contributed by atoms with Crippen molar-refractivity contribution in [2.45, 2.75) is 57.3 Å². The summed E-state index contributed by atoms with van der Waals surface area (Å²) in [7, 11) is -2.82. The van der Waals surface area contributed by atoms with Gasteiger partial charge in [0.15, 0.2) is 0 Å². The van der Waals surface area contributed by atoms with Crippen LogP contribution in [-0.2, 0) is 9.47 Å². The van der Waals surface area contributed by atoms with E-state index in [4.69, 9.17) is 9.47 Å². The Bertz CT molecular complexity index is 1280. The summed E-state index contributed by atoms with van der Waals surface area (Å²) >= 11 is 3.51. The molecule has 2 heterocycles. The first kappa shape index (κ1) is 26.7. The summed E-state index contributed by atoms with van der Waals surface area (Å²) in [6.07, 6.45) is 2.19. The smallest absolute Gasteiger partial charge is 0.419 e. The van der Waals surface area contributed by atoms with E-state index in [1.165, 1.54) is 4.57 Å². The van der Waals surface area contributed by atoms with Crippen LogP contribution in [0.15, 0.2) is 53.1 Å². The lowest BCUT2D eigenvalue weighted by atomic mass is 9.89. The fraction of sp³-hybridized carbons (Fsp3) is 0.407. The highest BCUT2D eigenvalue weighted by atomic mass is 79.9. The molecule has 9 heteroatoms. The third kappa shape index (κ3) is 5.49. The molecule has 3 aromatic rings. The molecule has 0 amide bonds. The average molecular weight is 579 g/mol. The molecule has 0 bridgehead atoms. The quantitative estimate of drug-likeness (QED) is 0.308. The molecular formula is C27H32BrNO6S. The molecule has 0 radical (unpaired) electrons. The maximum absolute atomic E-state index is 13.3. The molecule has 2 unspecified atom stereocenters. The summed E-state index contributed by atoms with van der Waals surface area (Å²) in [5.74, 6) is -0.335. The van der Waals surface area contributed by atoms with Gasteiger partial charge in [-0.05, 0) is 69.7 Å². The molecule has 2 N–H and O–H groups in total. The number of hydrogen-bond donors (Lipinski definition) is 2. The molecule has 2 aromatic carbocycles. The van der Waals surface area contributed by atoms with Gasteiger partial charge in [0.25, 0.3) is 0 Å². The van der Waals surface area contributed by atoms with Gasteiger partial charge in [-0.3, -0.25) is 13.7 Å². The van der Waals surface area contributed by atoms with Crippen molar-refractivity contribution in [3.05, 3.63) is 69.8 Å². The largest absolute Gasteiger partial charge is 0.462 e. The van der Waals surface area contributed by atoms with Crippen LogP contribution < -0.4 is 0 Å². The topological polar surface area (TPSA) is 98.0 Å². The lowest BCUT2D eigenvalue weighted by Crippen LogP contribution is -2.27. The predicted octanol–water partition coefficient (Wildman–Crippen LogP) is 7.73. The number of fused-ring (bicyclic) bond motifs is 1. The molecule has 1 aliphatic heterocycles. The second-order valence-electron chi connectivity index (χ2n) is 10.0. The molecule has 0 saturated carbocycles.